The Bertz CT molecular complexity index is 1280. The van der Waals surface area contributed by atoms with Gasteiger partial charge in [-0.2, -0.15) is 5.10 Å². The van der Waals surface area contributed by atoms with E-state index in [1.165, 1.54) is 24.2 Å². The molecule has 8 nitrogen and oxygen atoms in total. The monoisotopic (exact) mass is 474 g/mol. The Kier molecular flexibility index (Phi) is 4.84. The first-order valence-corrected chi connectivity index (χ1v) is 11.2. The number of nitrogens with zero attached hydrogens (tertiary/aromatic N) is 4. The summed E-state index contributed by atoms with van der Waals surface area (Å²) in [7, 11) is 0. The first-order valence-electron chi connectivity index (χ1n) is 9.60. The fourth-order valence-electron chi connectivity index (χ4n) is 3.89. The maximum absolute atomic E-state index is 12.7. The van der Waals surface area contributed by atoms with Gasteiger partial charge in [-0.15, -0.1) is 11.3 Å². The summed E-state index contributed by atoms with van der Waals surface area (Å²) in [5.41, 5.74) is 2.07. The number of fused-ring (bicyclic) bond motifs is 5. The molecule has 1 fully saturated rings. The van der Waals surface area contributed by atoms with E-state index in [9.17, 15) is 9.59 Å². The zero-order valence-corrected chi connectivity index (χ0v) is 18.0. The molecule has 4 aromatic rings. The molecule has 0 aromatic carbocycles. The third-order valence-corrected chi connectivity index (χ3v) is 6.80. The first kappa shape index (κ1) is 18.7. The number of hydrogen-bond acceptors (Lipinski definition) is 6. The van der Waals surface area contributed by atoms with Crippen LogP contribution >= 0.6 is 27.3 Å². The van der Waals surface area contributed by atoms with Gasteiger partial charge in [-0.1, -0.05) is 12.8 Å². The van der Waals surface area contributed by atoms with Gasteiger partial charge in [-0.05, 0) is 47.9 Å². The third kappa shape index (κ3) is 3.56. The number of hydrogen-bond donors (Lipinski definition) is 2. The highest BCUT2D eigenvalue weighted by Gasteiger charge is 2.17. The molecule has 1 aliphatic heterocycles. The van der Waals surface area contributed by atoms with Crippen molar-refractivity contribution in [3.8, 4) is 0 Å². The molecule has 2 N–H and O–H groups in total. The number of halogens is 1. The Hall–Kier alpha value is -2.30. The SMILES string of the molecule is O=C(CN1CCCCCC1)Nc1cnc2c(c1)[nH]c(=O)c1c2nn2cc(Br)sc12. The van der Waals surface area contributed by atoms with Crippen molar-refractivity contribution in [2.24, 2.45) is 0 Å². The summed E-state index contributed by atoms with van der Waals surface area (Å²) in [6, 6.07) is 1.74. The minimum Gasteiger partial charge on any atom is -0.324 e. The number of carbonyl (C=O) groups is 1. The zero-order valence-electron chi connectivity index (χ0n) is 15.6. The molecule has 0 atom stereocenters. The highest BCUT2D eigenvalue weighted by Crippen LogP contribution is 2.30. The Labute approximate surface area is 178 Å². The van der Waals surface area contributed by atoms with Gasteiger partial charge in [0, 0.05) is 0 Å². The molecule has 0 spiro atoms. The standard InChI is InChI=1S/C19H19BrN6O2S/c20-13-9-26-19(29-13)15-17(24-26)16-12(23-18(15)28)7-11(8-21-16)22-14(27)10-25-5-3-1-2-4-6-25/h7-9H,1-6,10H2,(H,22,27)(H,23,28). The molecule has 0 bridgehead atoms. The fraction of sp³-hybridized carbons (Fsp3) is 0.368. The molecule has 1 amide bonds. The average Bonchev–Trinajstić information content (AvgIpc) is 3.07. The number of anilines is 1. The van der Waals surface area contributed by atoms with Crippen LogP contribution in [0.2, 0.25) is 0 Å². The summed E-state index contributed by atoms with van der Waals surface area (Å²) in [4.78, 5) is 35.4. The zero-order chi connectivity index (χ0) is 20.0. The summed E-state index contributed by atoms with van der Waals surface area (Å²) in [5.74, 6) is -0.0659. The topological polar surface area (TPSA) is 95.4 Å². The number of amides is 1. The van der Waals surface area contributed by atoms with E-state index in [1.807, 2.05) is 6.20 Å². The normalized spacial score (nSPS) is 15.9. The molecule has 5 heterocycles. The number of H-pyrrole nitrogens is 1. The molecule has 1 saturated heterocycles. The van der Waals surface area contributed by atoms with E-state index in [2.05, 4.69) is 41.2 Å². The van der Waals surface area contributed by atoms with Gasteiger partial charge in [0.05, 0.1) is 33.9 Å². The van der Waals surface area contributed by atoms with Crippen molar-refractivity contribution in [2.75, 3.05) is 25.0 Å². The van der Waals surface area contributed by atoms with Crippen LogP contribution in [0.1, 0.15) is 25.7 Å². The van der Waals surface area contributed by atoms with E-state index >= 15 is 0 Å². The van der Waals surface area contributed by atoms with Crippen molar-refractivity contribution < 1.29 is 4.79 Å². The van der Waals surface area contributed by atoms with Crippen molar-refractivity contribution in [2.45, 2.75) is 25.7 Å². The summed E-state index contributed by atoms with van der Waals surface area (Å²) in [6.45, 7) is 2.30. The van der Waals surface area contributed by atoms with Crippen LogP contribution in [0.5, 0.6) is 0 Å². The smallest absolute Gasteiger partial charge is 0.261 e. The molecule has 150 valence electrons. The molecule has 4 aromatic heterocycles. The molecular formula is C19H19BrN6O2S. The predicted molar refractivity (Wildman–Crippen MR) is 118 cm³/mol. The van der Waals surface area contributed by atoms with Gasteiger partial charge >= 0.3 is 0 Å². The van der Waals surface area contributed by atoms with Crippen LogP contribution in [0.3, 0.4) is 0 Å². The van der Waals surface area contributed by atoms with E-state index in [0.29, 0.717) is 34.2 Å². The van der Waals surface area contributed by atoms with Crippen LogP contribution in [-0.4, -0.2) is 50.0 Å². The number of carbonyl (C=O) groups excluding carboxylic acids is 1. The number of aromatic amines is 1. The molecular weight excluding hydrogens is 456 g/mol. The Morgan fingerprint density at radius 2 is 2.03 bits per heavy atom. The Morgan fingerprint density at radius 3 is 2.83 bits per heavy atom. The third-order valence-electron chi connectivity index (χ3n) is 5.22. The van der Waals surface area contributed by atoms with Crippen molar-refractivity contribution in [1.82, 2.24) is 24.5 Å². The summed E-state index contributed by atoms with van der Waals surface area (Å²) in [5, 5.41) is 7.95. The fourth-order valence-corrected chi connectivity index (χ4v) is 5.36. The Balaban J connectivity index is 1.44. The lowest BCUT2D eigenvalue weighted by atomic mass is 10.2. The second kappa shape index (κ2) is 7.51. The molecule has 10 heteroatoms. The number of thiazole rings is 1. The molecule has 0 aliphatic carbocycles. The number of aromatic nitrogens is 4. The van der Waals surface area contributed by atoms with E-state index in [1.54, 1.807) is 16.8 Å². The van der Waals surface area contributed by atoms with E-state index < -0.39 is 0 Å². The predicted octanol–water partition coefficient (Wildman–Crippen LogP) is 3.36. The van der Waals surface area contributed by atoms with Gasteiger partial charge in [0.1, 0.15) is 21.3 Å². The number of nitrogens with one attached hydrogen (secondary N) is 2. The van der Waals surface area contributed by atoms with Crippen molar-refractivity contribution >= 4 is 65.6 Å². The van der Waals surface area contributed by atoms with Gasteiger partial charge in [-0.3, -0.25) is 19.5 Å². The van der Waals surface area contributed by atoms with Crippen molar-refractivity contribution in [1.29, 1.82) is 0 Å². The van der Waals surface area contributed by atoms with Gasteiger partial charge < -0.3 is 10.3 Å². The highest BCUT2D eigenvalue weighted by molar-refractivity contribution is 9.11. The largest absolute Gasteiger partial charge is 0.324 e. The number of pyridine rings is 2. The quantitative estimate of drug-likeness (QED) is 0.474. The van der Waals surface area contributed by atoms with E-state index in [0.717, 1.165) is 34.5 Å². The minimum absolute atomic E-state index is 0.0659. The average molecular weight is 475 g/mol. The minimum atomic E-state index is -0.216. The van der Waals surface area contributed by atoms with Gasteiger partial charge in [0.25, 0.3) is 5.56 Å². The molecule has 5 rings (SSSR count). The van der Waals surface area contributed by atoms with E-state index in [4.69, 9.17) is 0 Å². The lowest BCUT2D eigenvalue weighted by molar-refractivity contribution is -0.117. The maximum atomic E-state index is 12.7. The van der Waals surface area contributed by atoms with Crippen LogP contribution in [0, 0.1) is 0 Å². The summed E-state index contributed by atoms with van der Waals surface area (Å²) < 4.78 is 2.59. The van der Waals surface area contributed by atoms with E-state index in [-0.39, 0.29) is 11.5 Å². The lowest BCUT2D eigenvalue weighted by Crippen LogP contribution is -2.33. The lowest BCUT2D eigenvalue weighted by Gasteiger charge is -2.18. The number of likely N-dealkylation sites (tertiary alicyclic amines) is 1. The second-order valence-corrected chi connectivity index (χ2v) is 9.73. The van der Waals surface area contributed by atoms with Gasteiger partial charge in [0.2, 0.25) is 5.91 Å². The van der Waals surface area contributed by atoms with Crippen LogP contribution in [0.25, 0.3) is 26.8 Å². The Morgan fingerprint density at radius 1 is 1.24 bits per heavy atom. The van der Waals surface area contributed by atoms with Crippen LogP contribution in [-0.2, 0) is 4.79 Å². The van der Waals surface area contributed by atoms with Crippen LogP contribution < -0.4 is 10.9 Å². The number of rotatable bonds is 3. The van der Waals surface area contributed by atoms with Gasteiger partial charge in [0.15, 0.2) is 0 Å². The van der Waals surface area contributed by atoms with Gasteiger partial charge in [-0.25, -0.2) is 4.52 Å². The van der Waals surface area contributed by atoms with Crippen molar-refractivity contribution in [3.05, 3.63) is 32.6 Å². The molecule has 0 unspecified atom stereocenters. The van der Waals surface area contributed by atoms with Crippen LogP contribution in [0.4, 0.5) is 5.69 Å². The van der Waals surface area contributed by atoms with Crippen molar-refractivity contribution in [3.63, 3.8) is 0 Å². The highest BCUT2D eigenvalue weighted by atomic mass is 79.9. The first-order chi connectivity index (χ1) is 14.1. The summed E-state index contributed by atoms with van der Waals surface area (Å²) >= 11 is 4.87. The molecule has 0 saturated carbocycles. The molecule has 0 radical (unpaired) electrons. The second-order valence-electron chi connectivity index (χ2n) is 7.32. The van der Waals surface area contributed by atoms with Crippen LogP contribution in [0.15, 0.2) is 27.0 Å². The molecule has 1 aliphatic rings. The molecule has 29 heavy (non-hydrogen) atoms. The maximum Gasteiger partial charge on any atom is 0.261 e. The summed E-state index contributed by atoms with van der Waals surface area (Å²) in [6.07, 6.45) is 8.18.